The van der Waals surface area contributed by atoms with Crippen LogP contribution in [0, 0.1) is 17.6 Å². The van der Waals surface area contributed by atoms with Crippen LogP contribution in [0.25, 0.3) is 27.7 Å². The summed E-state index contributed by atoms with van der Waals surface area (Å²) < 4.78 is 34.5. The second kappa shape index (κ2) is 9.71. The van der Waals surface area contributed by atoms with Crippen LogP contribution in [0.2, 0.25) is 0 Å². The zero-order valence-corrected chi connectivity index (χ0v) is 20.2. The summed E-state index contributed by atoms with van der Waals surface area (Å²) in [6, 6.07) is 9.18. The Morgan fingerprint density at radius 1 is 1.18 bits per heavy atom. The van der Waals surface area contributed by atoms with Crippen LogP contribution < -0.4 is 16.4 Å². The Balaban J connectivity index is 1.29. The van der Waals surface area contributed by atoms with Crippen molar-refractivity contribution in [2.45, 2.75) is 12.8 Å². The number of amides is 1. The average Bonchev–Trinajstić information content (AvgIpc) is 3.51. The second-order valence-corrected chi connectivity index (χ2v) is 9.19. The van der Waals surface area contributed by atoms with Crippen molar-refractivity contribution in [2.24, 2.45) is 5.92 Å². The Hall–Kier alpha value is -4.58. The first-order valence-corrected chi connectivity index (χ1v) is 12.2. The third-order valence-electron chi connectivity index (χ3n) is 6.68. The van der Waals surface area contributed by atoms with Crippen molar-refractivity contribution >= 4 is 39.9 Å². The zero-order valence-electron chi connectivity index (χ0n) is 20.2. The Labute approximate surface area is 215 Å². The normalized spacial score (nSPS) is 14.3. The number of imidazole rings is 1. The van der Waals surface area contributed by atoms with Crippen LogP contribution in [0.4, 0.5) is 26.2 Å². The number of fused-ring (bicyclic) bond motifs is 2. The van der Waals surface area contributed by atoms with Crippen molar-refractivity contribution in [1.82, 2.24) is 29.9 Å². The van der Waals surface area contributed by atoms with Gasteiger partial charge in [-0.3, -0.25) is 4.79 Å². The highest BCUT2D eigenvalue weighted by Gasteiger charge is 2.23. The lowest BCUT2D eigenvalue weighted by Crippen LogP contribution is -2.32. The molecule has 0 aliphatic carbocycles. The smallest absolute Gasteiger partial charge is 0.253 e. The standard InChI is InChI=1S/C26H24F2N8O2/c27-16-9-19(28)22-20(10-16)34-26(35-22)33-17-3-1-15(2-4-17)21-18(12-36-23(21)24(29)31-13-32-36)25(37)30-11-14-5-7-38-8-6-14/h1-4,9-10,12-14H,5-8,11H2,(H,30,37)(H2,29,31,32)(H2,33,34,35). The van der Waals surface area contributed by atoms with Crippen LogP contribution in [0.1, 0.15) is 23.2 Å². The number of nitrogens with two attached hydrogens (primary N) is 1. The topological polar surface area (TPSA) is 135 Å². The molecule has 0 bridgehead atoms. The number of benzene rings is 2. The number of carbonyl (C=O) groups excluding carboxylic acids is 1. The maximum atomic E-state index is 14.0. The first-order chi connectivity index (χ1) is 18.5. The first-order valence-electron chi connectivity index (χ1n) is 12.2. The van der Waals surface area contributed by atoms with E-state index in [1.165, 1.54) is 12.4 Å². The number of H-pyrrole nitrogens is 1. The fourth-order valence-electron chi connectivity index (χ4n) is 4.74. The Morgan fingerprint density at radius 2 is 1.97 bits per heavy atom. The van der Waals surface area contributed by atoms with E-state index in [4.69, 9.17) is 10.5 Å². The lowest BCUT2D eigenvalue weighted by atomic mass is 9.99. The number of nitrogen functional groups attached to an aromatic ring is 1. The van der Waals surface area contributed by atoms with E-state index in [2.05, 4.69) is 30.7 Å². The quantitative estimate of drug-likeness (QED) is 0.267. The Bertz CT molecular complexity index is 1640. The molecule has 12 heteroatoms. The van der Waals surface area contributed by atoms with E-state index in [0.717, 1.165) is 24.5 Å². The number of rotatable bonds is 6. The van der Waals surface area contributed by atoms with Gasteiger partial charge in [-0.25, -0.2) is 23.3 Å². The largest absolute Gasteiger partial charge is 0.382 e. The van der Waals surface area contributed by atoms with Crippen LogP contribution in [0.3, 0.4) is 0 Å². The molecule has 4 heterocycles. The first kappa shape index (κ1) is 23.8. The summed E-state index contributed by atoms with van der Waals surface area (Å²) in [7, 11) is 0. The Morgan fingerprint density at radius 3 is 2.76 bits per heavy atom. The van der Waals surface area contributed by atoms with E-state index in [9.17, 15) is 13.6 Å². The summed E-state index contributed by atoms with van der Waals surface area (Å²) in [6.07, 6.45) is 4.80. The number of nitrogens with zero attached hydrogens (tertiary/aromatic N) is 4. The van der Waals surface area contributed by atoms with Gasteiger partial charge in [0.25, 0.3) is 5.91 Å². The molecule has 0 saturated carbocycles. The van der Waals surface area contributed by atoms with E-state index < -0.39 is 11.6 Å². The SMILES string of the molecule is Nc1ncnn2cc(C(=O)NCC3CCOCC3)c(-c3ccc(Nc4nc5c(F)cc(F)cc5[nH]4)cc3)c12. The minimum absolute atomic E-state index is 0.0395. The molecule has 1 aliphatic heterocycles. The van der Waals surface area contributed by atoms with Crippen molar-refractivity contribution < 1.29 is 18.3 Å². The van der Waals surface area contributed by atoms with E-state index in [0.29, 0.717) is 48.0 Å². The summed E-state index contributed by atoms with van der Waals surface area (Å²) >= 11 is 0. The number of carbonyl (C=O) groups is 1. The van der Waals surface area contributed by atoms with Gasteiger partial charge in [0.1, 0.15) is 23.2 Å². The van der Waals surface area contributed by atoms with Gasteiger partial charge in [0.05, 0.1) is 11.1 Å². The molecule has 1 amide bonds. The third kappa shape index (κ3) is 4.50. The second-order valence-electron chi connectivity index (χ2n) is 9.19. The molecule has 0 unspecified atom stereocenters. The van der Waals surface area contributed by atoms with Gasteiger partial charge in [-0.2, -0.15) is 5.10 Å². The van der Waals surface area contributed by atoms with Crippen LogP contribution in [0.15, 0.2) is 48.9 Å². The van der Waals surface area contributed by atoms with Crippen molar-refractivity contribution in [3.8, 4) is 11.1 Å². The van der Waals surface area contributed by atoms with Gasteiger partial charge >= 0.3 is 0 Å². The molecule has 0 radical (unpaired) electrons. The molecule has 38 heavy (non-hydrogen) atoms. The molecule has 5 aromatic rings. The van der Waals surface area contributed by atoms with E-state index in [1.54, 1.807) is 22.8 Å². The van der Waals surface area contributed by atoms with Crippen LogP contribution in [-0.2, 0) is 4.74 Å². The van der Waals surface area contributed by atoms with E-state index >= 15 is 0 Å². The highest BCUT2D eigenvalue weighted by atomic mass is 19.1. The molecule has 1 fully saturated rings. The molecular formula is C26H24F2N8O2. The van der Waals surface area contributed by atoms with Crippen molar-refractivity contribution in [3.63, 3.8) is 0 Å². The van der Waals surface area contributed by atoms with E-state index in [1.807, 2.05) is 12.1 Å². The molecule has 5 N–H and O–H groups in total. The van der Waals surface area contributed by atoms with Crippen LogP contribution >= 0.6 is 0 Å². The number of anilines is 3. The molecule has 3 aromatic heterocycles. The van der Waals surface area contributed by atoms with Crippen molar-refractivity contribution in [2.75, 3.05) is 30.8 Å². The number of aromatic amines is 1. The number of nitrogens with one attached hydrogen (secondary N) is 3. The fourth-order valence-corrected chi connectivity index (χ4v) is 4.74. The highest BCUT2D eigenvalue weighted by molar-refractivity contribution is 6.07. The summed E-state index contributed by atoms with van der Waals surface area (Å²) in [4.78, 5) is 24.4. The minimum Gasteiger partial charge on any atom is -0.382 e. The number of ether oxygens (including phenoxy) is 1. The fraction of sp³-hybridized carbons (Fsp3) is 0.231. The number of hydrogen-bond donors (Lipinski definition) is 4. The summed E-state index contributed by atoms with van der Waals surface area (Å²) in [6.45, 7) is 1.96. The third-order valence-corrected chi connectivity index (χ3v) is 6.68. The number of aromatic nitrogens is 5. The monoisotopic (exact) mass is 518 g/mol. The molecule has 6 rings (SSSR count). The molecule has 194 valence electrons. The van der Waals surface area contributed by atoms with E-state index in [-0.39, 0.29) is 28.7 Å². The number of hydrogen-bond acceptors (Lipinski definition) is 7. The van der Waals surface area contributed by atoms with Crippen LogP contribution in [-0.4, -0.2) is 50.2 Å². The maximum absolute atomic E-state index is 14.0. The molecule has 1 saturated heterocycles. The van der Waals surface area contributed by atoms with Gasteiger partial charge in [-0.15, -0.1) is 0 Å². The van der Waals surface area contributed by atoms with Gasteiger partial charge in [0.15, 0.2) is 11.6 Å². The number of halogens is 2. The van der Waals surface area contributed by atoms with Gasteiger partial charge in [-0.05, 0) is 42.5 Å². The van der Waals surface area contributed by atoms with Crippen molar-refractivity contribution in [1.29, 1.82) is 0 Å². The van der Waals surface area contributed by atoms with Gasteiger partial charge in [0.2, 0.25) is 5.95 Å². The van der Waals surface area contributed by atoms with Gasteiger partial charge in [-0.1, -0.05) is 12.1 Å². The van der Waals surface area contributed by atoms with Crippen LogP contribution in [0.5, 0.6) is 0 Å². The highest BCUT2D eigenvalue weighted by Crippen LogP contribution is 2.33. The minimum atomic E-state index is -0.748. The van der Waals surface area contributed by atoms with Crippen molar-refractivity contribution in [3.05, 3.63) is 66.1 Å². The average molecular weight is 519 g/mol. The predicted molar refractivity (Wildman–Crippen MR) is 138 cm³/mol. The lowest BCUT2D eigenvalue weighted by Gasteiger charge is -2.22. The molecule has 2 aromatic carbocycles. The summed E-state index contributed by atoms with van der Waals surface area (Å²) in [5.74, 6) is -0.788. The summed E-state index contributed by atoms with van der Waals surface area (Å²) in [5, 5.41) is 10.3. The molecule has 0 atom stereocenters. The summed E-state index contributed by atoms with van der Waals surface area (Å²) in [5.41, 5.74) is 9.42. The Kier molecular flexibility index (Phi) is 6.08. The maximum Gasteiger partial charge on any atom is 0.253 e. The van der Waals surface area contributed by atoms with Gasteiger partial charge in [0, 0.05) is 43.3 Å². The molecule has 0 spiro atoms. The molecule has 1 aliphatic rings. The molecule has 10 nitrogen and oxygen atoms in total. The predicted octanol–water partition coefficient (Wildman–Crippen LogP) is 4.03. The lowest BCUT2D eigenvalue weighted by molar-refractivity contribution is 0.0643. The zero-order chi connectivity index (χ0) is 26.2. The van der Waals surface area contributed by atoms with Gasteiger partial charge < -0.3 is 26.1 Å². The molecular weight excluding hydrogens is 494 g/mol.